The Labute approximate surface area is 133 Å². The van der Waals surface area contributed by atoms with E-state index in [1.54, 1.807) is 15.9 Å². The number of carboxylic acid groups (broad SMARTS) is 1. The van der Waals surface area contributed by atoms with Gasteiger partial charge in [-0.15, -0.1) is 0 Å². The first kappa shape index (κ1) is 14.2. The van der Waals surface area contributed by atoms with Crippen LogP contribution in [0.15, 0.2) is 24.3 Å². The van der Waals surface area contributed by atoms with Crippen molar-refractivity contribution in [1.29, 1.82) is 0 Å². The number of hydrogen-bond donors (Lipinski definition) is 1. The molecule has 23 heavy (non-hydrogen) atoms. The molecule has 3 heterocycles. The van der Waals surface area contributed by atoms with Crippen LogP contribution in [-0.2, 0) is 16.1 Å². The van der Waals surface area contributed by atoms with Gasteiger partial charge in [-0.25, -0.2) is 0 Å². The van der Waals surface area contributed by atoms with Gasteiger partial charge in [0.25, 0.3) is 5.91 Å². The molecule has 0 aromatic heterocycles. The van der Waals surface area contributed by atoms with Crippen molar-refractivity contribution in [3.8, 4) is 0 Å². The molecular weight excluding hydrogens is 296 g/mol. The van der Waals surface area contributed by atoms with Crippen molar-refractivity contribution in [2.24, 2.45) is 5.92 Å². The van der Waals surface area contributed by atoms with Gasteiger partial charge in [0.1, 0.15) is 6.54 Å². The van der Waals surface area contributed by atoms with Crippen molar-refractivity contribution < 1.29 is 19.5 Å². The lowest BCUT2D eigenvalue weighted by molar-refractivity contribution is -0.143. The highest BCUT2D eigenvalue weighted by molar-refractivity contribution is 6.00. The van der Waals surface area contributed by atoms with Crippen LogP contribution < -0.4 is 0 Å². The Balaban J connectivity index is 1.48. The first-order valence-corrected chi connectivity index (χ1v) is 7.97. The lowest BCUT2D eigenvalue weighted by Gasteiger charge is -2.25. The maximum absolute atomic E-state index is 12.7. The van der Waals surface area contributed by atoms with Gasteiger partial charge in [-0.05, 0) is 30.9 Å². The number of carbonyl (C=O) groups is 3. The molecule has 2 saturated heterocycles. The van der Waals surface area contributed by atoms with Crippen LogP contribution >= 0.6 is 0 Å². The van der Waals surface area contributed by atoms with E-state index < -0.39 is 11.9 Å². The predicted octanol–water partition coefficient (Wildman–Crippen LogP) is 1.11. The molecule has 1 aromatic carbocycles. The second-order valence-corrected chi connectivity index (χ2v) is 6.60. The third-order valence-electron chi connectivity index (χ3n) is 5.36. The summed E-state index contributed by atoms with van der Waals surface area (Å²) in [5, 5.41) is 9.28. The fourth-order valence-electron chi connectivity index (χ4n) is 4.33. The maximum atomic E-state index is 12.7. The molecule has 6 heteroatoms. The Hall–Kier alpha value is -2.37. The van der Waals surface area contributed by atoms with E-state index in [1.165, 1.54) is 0 Å². The van der Waals surface area contributed by atoms with Crippen molar-refractivity contribution in [2.45, 2.75) is 37.9 Å². The van der Waals surface area contributed by atoms with E-state index >= 15 is 0 Å². The number of carboxylic acids is 1. The summed E-state index contributed by atoms with van der Waals surface area (Å²) in [6.45, 7) is 0.485. The summed E-state index contributed by atoms with van der Waals surface area (Å²) in [4.78, 5) is 39.6. The normalized spacial score (nSPS) is 28.3. The van der Waals surface area contributed by atoms with E-state index in [0.717, 1.165) is 18.4 Å². The van der Waals surface area contributed by atoms with Crippen LogP contribution in [0.1, 0.15) is 35.2 Å². The fraction of sp³-hybridized carbons (Fsp3) is 0.471. The molecule has 1 aromatic rings. The highest BCUT2D eigenvalue weighted by Crippen LogP contribution is 2.42. The Morgan fingerprint density at radius 3 is 2.70 bits per heavy atom. The van der Waals surface area contributed by atoms with Crippen molar-refractivity contribution in [2.75, 3.05) is 6.54 Å². The van der Waals surface area contributed by atoms with Gasteiger partial charge in [0.05, 0.1) is 5.92 Å². The van der Waals surface area contributed by atoms with Crippen LogP contribution in [0.25, 0.3) is 0 Å². The largest absolute Gasteiger partial charge is 0.481 e. The van der Waals surface area contributed by atoms with E-state index in [4.69, 9.17) is 0 Å². The van der Waals surface area contributed by atoms with Crippen molar-refractivity contribution >= 4 is 17.8 Å². The number of benzene rings is 1. The molecule has 3 aliphatic rings. The Bertz CT molecular complexity index is 702. The maximum Gasteiger partial charge on any atom is 0.308 e. The van der Waals surface area contributed by atoms with E-state index in [2.05, 4.69) is 0 Å². The van der Waals surface area contributed by atoms with E-state index in [9.17, 15) is 19.5 Å². The van der Waals surface area contributed by atoms with Gasteiger partial charge >= 0.3 is 5.97 Å². The molecular formula is C17H18N2O4. The second-order valence-electron chi connectivity index (χ2n) is 6.60. The van der Waals surface area contributed by atoms with E-state index in [-0.39, 0.29) is 30.4 Å². The highest BCUT2D eigenvalue weighted by atomic mass is 16.4. The summed E-state index contributed by atoms with van der Waals surface area (Å²) in [6.07, 6.45) is 2.16. The van der Waals surface area contributed by atoms with Gasteiger partial charge < -0.3 is 14.9 Å². The van der Waals surface area contributed by atoms with Crippen molar-refractivity contribution in [3.63, 3.8) is 0 Å². The third-order valence-corrected chi connectivity index (χ3v) is 5.36. The average molecular weight is 314 g/mol. The lowest BCUT2D eigenvalue weighted by Crippen LogP contribution is -2.44. The molecule has 4 rings (SSSR count). The predicted molar refractivity (Wildman–Crippen MR) is 80.6 cm³/mol. The number of hydrogen-bond acceptors (Lipinski definition) is 3. The minimum atomic E-state index is -0.820. The highest BCUT2D eigenvalue weighted by Gasteiger charge is 2.51. The molecule has 3 atom stereocenters. The number of rotatable bonds is 3. The summed E-state index contributed by atoms with van der Waals surface area (Å²) in [6, 6.07) is 7.20. The first-order valence-electron chi connectivity index (χ1n) is 7.97. The standard InChI is InChI=1S/C17H18N2O4/c20-15(19-11-5-6-14(19)13(7-11)17(22)23)9-18-8-10-3-1-2-4-12(10)16(18)21/h1-4,11,13-14H,5-9H2,(H,22,23). The first-order chi connectivity index (χ1) is 11.1. The van der Waals surface area contributed by atoms with Crippen LogP contribution in [0.2, 0.25) is 0 Å². The zero-order valence-electron chi connectivity index (χ0n) is 12.6. The van der Waals surface area contributed by atoms with Crippen molar-refractivity contribution in [3.05, 3.63) is 35.4 Å². The SMILES string of the molecule is O=C(O)C1CC2CCC1N2C(=O)CN1Cc2ccccc2C1=O. The molecule has 6 nitrogen and oxygen atoms in total. The minimum Gasteiger partial charge on any atom is -0.481 e. The molecule has 0 spiro atoms. The summed E-state index contributed by atoms with van der Waals surface area (Å²) in [5.41, 5.74) is 1.60. The van der Waals surface area contributed by atoms with Crippen molar-refractivity contribution in [1.82, 2.24) is 9.80 Å². The average Bonchev–Trinajstić information content (AvgIpc) is 3.19. The minimum absolute atomic E-state index is 0.0219. The molecule has 1 N–H and O–H groups in total. The molecule has 0 saturated carbocycles. The molecule has 3 aliphatic heterocycles. The van der Waals surface area contributed by atoms with E-state index in [0.29, 0.717) is 18.5 Å². The van der Waals surface area contributed by atoms with E-state index in [1.807, 2.05) is 18.2 Å². The van der Waals surface area contributed by atoms with Crippen LogP contribution in [0.5, 0.6) is 0 Å². The molecule has 2 bridgehead atoms. The number of nitrogens with zero attached hydrogens (tertiary/aromatic N) is 2. The van der Waals surface area contributed by atoms with Crippen LogP contribution in [0.4, 0.5) is 0 Å². The zero-order chi connectivity index (χ0) is 16.1. The lowest BCUT2D eigenvalue weighted by atomic mass is 9.89. The molecule has 3 unspecified atom stereocenters. The van der Waals surface area contributed by atoms with Gasteiger partial charge in [0.15, 0.2) is 0 Å². The topological polar surface area (TPSA) is 77.9 Å². The molecule has 2 amide bonds. The summed E-state index contributed by atoms with van der Waals surface area (Å²) in [7, 11) is 0. The summed E-state index contributed by atoms with van der Waals surface area (Å²) in [5.74, 6) is -1.51. The number of aliphatic carboxylic acids is 1. The Kier molecular flexibility index (Phi) is 3.14. The number of carbonyl (C=O) groups excluding carboxylic acids is 2. The Morgan fingerprint density at radius 2 is 2.00 bits per heavy atom. The monoisotopic (exact) mass is 314 g/mol. The van der Waals surface area contributed by atoms with Gasteiger partial charge in [0, 0.05) is 24.2 Å². The zero-order valence-corrected chi connectivity index (χ0v) is 12.6. The van der Waals surface area contributed by atoms with Gasteiger partial charge in [-0.2, -0.15) is 0 Å². The number of amides is 2. The molecule has 2 fully saturated rings. The molecule has 0 aliphatic carbocycles. The third kappa shape index (κ3) is 2.12. The quantitative estimate of drug-likeness (QED) is 0.906. The van der Waals surface area contributed by atoms with Crippen LogP contribution in [0, 0.1) is 5.92 Å². The Morgan fingerprint density at radius 1 is 1.22 bits per heavy atom. The van der Waals surface area contributed by atoms with Gasteiger partial charge in [-0.1, -0.05) is 18.2 Å². The molecule has 0 radical (unpaired) electrons. The van der Waals surface area contributed by atoms with Gasteiger partial charge in [-0.3, -0.25) is 14.4 Å². The van der Waals surface area contributed by atoms with Gasteiger partial charge in [0.2, 0.25) is 5.91 Å². The molecule has 120 valence electrons. The second kappa shape index (κ2) is 5.08. The van der Waals surface area contributed by atoms with Crippen LogP contribution in [-0.4, -0.2) is 51.3 Å². The summed E-state index contributed by atoms with van der Waals surface area (Å²) >= 11 is 0. The summed E-state index contributed by atoms with van der Waals surface area (Å²) < 4.78 is 0. The fourth-order valence-corrected chi connectivity index (χ4v) is 4.33. The smallest absolute Gasteiger partial charge is 0.308 e. The number of fused-ring (bicyclic) bond motifs is 3. The van der Waals surface area contributed by atoms with Crippen LogP contribution in [0.3, 0.4) is 0 Å².